The van der Waals surface area contributed by atoms with Crippen LogP contribution in [-0.2, 0) is 6.61 Å². The fourth-order valence-electron chi connectivity index (χ4n) is 2.59. The van der Waals surface area contributed by atoms with Crippen molar-refractivity contribution in [3.8, 4) is 5.75 Å². The third-order valence-corrected chi connectivity index (χ3v) is 3.95. The number of nitrogens with one attached hydrogen (secondary N) is 2. The minimum absolute atomic E-state index is 0.0439. The summed E-state index contributed by atoms with van der Waals surface area (Å²) in [7, 11) is 0. The van der Waals surface area contributed by atoms with Crippen molar-refractivity contribution in [2.75, 3.05) is 0 Å². The van der Waals surface area contributed by atoms with Crippen LogP contribution in [0.25, 0.3) is 0 Å². The molecular formula is C19H18F2N4O2. The SMILES string of the molecule is Cc1cccnc1C(C)NC(=O)c1cc(COc2ccc(F)cc2F)[nH]n1. The number of carbonyl (C=O) groups is 1. The van der Waals surface area contributed by atoms with E-state index < -0.39 is 11.6 Å². The van der Waals surface area contributed by atoms with Crippen LogP contribution < -0.4 is 10.1 Å². The number of aryl methyl sites for hydroxylation is 1. The molecule has 3 rings (SSSR count). The number of aromatic nitrogens is 3. The van der Waals surface area contributed by atoms with Gasteiger partial charge in [-0.1, -0.05) is 6.07 Å². The van der Waals surface area contributed by atoms with E-state index >= 15 is 0 Å². The van der Waals surface area contributed by atoms with Gasteiger partial charge in [-0.2, -0.15) is 5.10 Å². The quantitative estimate of drug-likeness (QED) is 0.694. The summed E-state index contributed by atoms with van der Waals surface area (Å²) in [6, 6.07) is 8.01. The van der Waals surface area contributed by atoms with Crippen LogP contribution in [0.1, 0.15) is 40.4 Å². The minimum Gasteiger partial charge on any atom is -0.484 e. The summed E-state index contributed by atoms with van der Waals surface area (Å²) in [6.45, 7) is 3.71. The molecule has 8 heteroatoms. The smallest absolute Gasteiger partial charge is 0.272 e. The van der Waals surface area contributed by atoms with Crippen LogP contribution in [0, 0.1) is 18.6 Å². The molecule has 1 unspecified atom stereocenters. The Kier molecular flexibility index (Phi) is 5.44. The van der Waals surface area contributed by atoms with E-state index in [-0.39, 0.29) is 30.0 Å². The lowest BCUT2D eigenvalue weighted by Crippen LogP contribution is -2.28. The second-order valence-electron chi connectivity index (χ2n) is 6.04. The maximum atomic E-state index is 13.6. The second kappa shape index (κ2) is 7.94. The van der Waals surface area contributed by atoms with Gasteiger partial charge in [-0.25, -0.2) is 8.78 Å². The zero-order valence-electron chi connectivity index (χ0n) is 14.8. The fourth-order valence-corrected chi connectivity index (χ4v) is 2.59. The number of hydrogen-bond acceptors (Lipinski definition) is 4. The van der Waals surface area contributed by atoms with Gasteiger partial charge in [-0.05, 0) is 43.7 Å². The van der Waals surface area contributed by atoms with Crippen molar-refractivity contribution < 1.29 is 18.3 Å². The van der Waals surface area contributed by atoms with Gasteiger partial charge in [-0.3, -0.25) is 14.9 Å². The Morgan fingerprint density at radius 3 is 2.85 bits per heavy atom. The molecule has 6 nitrogen and oxygen atoms in total. The predicted molar refractivity (Wildman–Crippen MR) is 94.1 cm³/mol. The summed E-state index contributed by atoms with van der Waals surface area (Å²) in [5, 5.41) is 9.44. The molecule has 0 saturated heterocycles. The first kappa shape index (κ1) is 18.5. The Morgan fingerprint density at radius 2 is 2.11 bits per heavy atom. The van der Waals surface area contributed by atoms with Crippen molar-refractivity contribution in [1.29, 1.82) is 0 Å². The highest BCUT2D eigenvalue weighted by Crippen LogP contribution is 2.19. The number of amides is 1. The van der Waals surface area contributed by atoms with Crippen molar-refractivity contribution in [2.24, 2.45) is 0 Å². The molecule has 0 saturated carbocycles. The van der Waals surface area contributed by atoms with Crippen LogP contribution in [0.5, 0.6) is 5.75 Å². The van der Waals surface area contributed by atoms with Gasteiger partial charge in [0, 0.05) is 12.3 Å². The van der Waals surface area contributed by atoms with Crippen LogP contribution >= 0.6 is 0 Å². The largest absolute Gasteiger partial charge is 0.484 e. The molecule has 140 valence electrons. The lowest BCUT2D eigenvalue weighted by Gasteiger charge is -2.14. The third kappa shape index (κ3) is 4.46. The summed E-state index contributed by atoms with van der Waals surface area (Å²) in [5.41, 5.74) is 2.40. The maximum absolute atomic E-state index is 13.6. The number of hydrogen-bond donors (Lipinski definition) is 2. The molecule has 1 atom stereocenters. The molecule has 0 fully saturated rings. The maximum Gasteiger partial charge on any atom is 0.272 e. The molecule has 0 aliphatic rings. The molecule has 3 aromatic rings. The summed E-state index contributed by atoms with van der Waals surface area (Å²) in [6.07, 6.45) is 1.67. The van der Waals surface area contributed by atoms with Crippen molar-refractivity contribution in [3.05, 3.63) is 76.9 Å². The first-order valence-electron chi connectivity index (χ1n) is 8.28. The molecule has 1 aromatic carbocycles. The zero-order valence-corrected chi connectivity index (χ0v) is 14.8. The van der Waals surface area contributed by atoms with Crippen molar-refractivity contribution in [3.63, 3.8) is 0 Å². The first-order valence-corrected chi connectivity index (χ1v) is 8.28. The Bertz CT molecular complexity index is 958. The monoisotopic (exact) mass is 372 g/mol. The summed E-state index contributed by atoms with van der Waals surface area (Å²) < 4.78 is 31.7. The van der Waals surface area contributed by atoms with Crippen molar-refractivity contribution in [2.45, 2.75) is 26.5 Å². The van der Waals surface area contributed by atoms with Crippen LogP contribution in [0.4, 0.5) is 8.78 Å². The molecule has 2 heterocycles. The Morgan fingerprint density at radius 1 is 1.30 bits per heavy atom. The standard InChI is InChI=1S/C19H18F2N4O2/c1-11-4-3-7-22-18(11)12(2)23-19(26)16-9-14(24-25-16)10-27-17-6-5-13(20)8-15(17)21/h3-9,12H,10H2,1-2H3,(H,23,26)(H,24,25). The Labute approximate surface area is 154 Å². The highest BCUT2D eigenvalue weighted by molar-refractivity contribution is 5.92. The highest BCUT2D eigenvalue weighted by Gasteiger charge is 2.17. The van der Waals surface area contributed by atoms with Gasteiger partial charge in [0.15, 0.2) is 11.6 Å². The number of carbonyl (C=O) groups excluding carboxylic acids is 1. The number of ether oxygens (including phenoxy) is 1. The van der Waals surface area contributed by atoms with Gasteiger partial charge >= 0.3 is 0 Å². The zero-order chi connectivity index (χ0) is 19.4. The Hall–Kier alpha value is -3.29. The van der Waals surface area contributed by atoms with Crippen LogP contribution in [0.3, 0.4) is 0 Å². The van der Waals surface area contributed by atoms with Crippen LogP contribution in [0.15, 0.2) is 42.6 Å². The predicted octanol–water partition coefficient (Wildman–Crippen LogP) is 3.46. The second-order valence-corrected chi connectivity index (χ2v) is 6.04. The average Bonchev–Trinajstić information content (AvgIpc) is 3.10. The molecule has 0 spiro atoms. The van der Waals surface area contributed by atoms with Crippen molar-refractivity contribution >= 4 is 5.91 Å². The number of H-pyrrole nitrogens is 1. The van der Waals surface area contributed by atoms with Gasteiger partial charge < -0.3 is 10.1 Å². The molecule has 0 aliphatic heterocycles. The highest BCUT2D eigenvalue weighted by atomic mass is 19.1. The summed E-state index contributed by atoms with van der Waals surface area (Å²) in [5.74, 6) is -1.94. The van der Waals surface area contributed by atoms with E-state index in [1.807, 2.05) is 26.0 Å². The minimum atomic E-state index is -0.799. The number of aromatic amines is 1. The molecular weight excluding hydrogens is 354 g/mol. The Balaban J connectivity index is 1.61. The molecule has 0 bridgehead atoms. The van der Waals surface area contributed by atoms with E-state index in [1.54, 1.807) is 6.20 Å². The third-order valence-electron chi connectivity index (χ3n) is 3.95. The molecule has 0 radical (unpaired) electrons. The van der Waals surface area contributed by atoms with E-state index in [9.17, 15) is 13.6 Å². The van der Waals surface area contributed by atoms with Gasteiger partial charge in [0.25, 0.3) is 5.91 Å². The van der Waals surface area contributed by atoms with E-state index in [0.29, 0.717) is 5.69 Å². The topological polar surface area (TPSA) is 79.9 Å². The van der Waals surface area contributed by atoms with E-state index in [0.717, 1.165) is 23.4 Å². The van der Waals surface area contributed by atoms with Gasteiger partial charge in [-0.15, -0.1) is 0 Å². The molecule has 27 heavy (non-hydrogen) atoms. The average molecular weight is 372 g/mol. The van der Waals surface area contributed by atoms with E-state index in [1.165, 1.54) is 12.1 Å². The molecule has 1 amide bonds. The van der Waals surface area contributed by atoms with Gasteiger partial charge in [0.2, 0.25) is 0 Å². The van der Waals surface area contributed by atoms with Gasteiger partial charge in [0.1, 0.15) is 18.1 Å². The van der Waals surface area contributed by atoms with Crippen LogP contribution in [-0.4, -0.2) is 21.1 Å². The normalized spacial score (nSPS) is 11.9. The van der Waals surface area contributed by atoms with E-state index in [2.05, 4.69) is 20.5 Å². The summed E-state index contributed by atoms with van der Waals surface area (Å²) in [4.78, 5) is 16.6. The number of pyridine rings is 1. The van der Waals surface area contributed by atoms with Crippen LogP contribution in [0.2, 0.25) is 0 Å². The first-order chi connectivity index (χ1) is 12.9. The molecule has 2 aromatic heterocycles. The van der Waals surface area contributed by atoms with Gasteiger partial charge in [0.05, 0.1) is 17.4 Å². The number of rotatable bonds is 6. The van der Waals surface area contributed by atoms with E-state index in [4.69, 9.17) is 4.74 Å². The summed E-state index contributed by atoms with van der Waals surface area (Å²) >= 11 is 0. The molecule has 0 aliphatic carbocycles. The fraction of sp³-hybridized carbons (Fsp3) is 0.211. The number of benzene rings is 1. The van der Waals surface area contributed by atoms with Crippen molar-refractivity contribution in [1.82, 2.24) is 20.5 Å². The lowest BCUT2D eigenvalue weighted by molar-refractivity contribution is 0.0934. The number of nitrogens with zero attached hydrogens (tertiary/aromatic N) is 2. The molecule has 2 N–H and O–H groups in total. The number of halogens is 2. The lowest BCUT2D eigenvalue weighted by atomic mass is 10.1.